The van der Waals surface area contributed by atoms with E-state index in [1.807, 2.05) is 42.5 Å². The largest absolute Gasteiger partial charge is 0.468 e. The predicted octanol–water partition coefficient (Wildman–Crippen LogP) is 3.10. The highest BCUT2D eigenvalue weighted by atomic mass is 32.2. The van der Waals surface area contributed by atoms with E-state index in [0.29, 0.717) is 12.3 Å². The molecule has 1 heterocycles. The monoisotopic (exact) mass is 318 g/mol. The van der Waals surface area contributed by atoms with E-state index in [0.717, 1.165) is 11.3 Å². The average Bonchev–Trinajstić information content (AvgIpc) is 3.02. The van der Waals surface area contributed by atoms with E-state index in [4.69, 9.17) is 4.42 Å². The third-order valence-electron chi connectivity index (χ3n) is 2.89. The molecule has 22 heavy (non-hydrogen) atoms. The first-order chi connectivity index (χ1) is 10.7. The van der Waals surface area contributed by atoms with Crippen LogP contribution in [-0.2, 0) is 10.5 Å². The summed E-state index contributed by atoms with van der Waals surface area (Å²) >= 11 is 1.41. The van der Waals surface area contributed by atoms with Gasteiger partial charge in [-0.1, -0.05) is 30.3 Å². The Hall–Kier alpha value is -2.21. The van der Waals surface area contributed by atoms with Crippen LogP contribution in [0.4, 0.5) is 4.79 Å². The van der Waals surface area contributed by atoms with E-state index in [1.165, 1.54) is 11.8 Å². The van der Waals surface area contributed by atoms with Gasteiger partial charge in [-0.05, 0) is 24.6 Å². The molecule has 116 valence electrons. The van der Waals surface area contributed by atoms with Crippen molar-refractivity contribution in [3.63, 3.8) is 0 Å². The van der Waals surface area contributed by atoms with Crippen LogP contribution in [0.3, 0.4) is 0 Å². The Balaban J connectivity index is 2.07. The molecule has 1 aromatic heterocycles. The van der Waals surface area contributed by atoms with Gasteiger partial charge in [0.25, 0.3) is 0 Å². The van der Waals surface area contributed by atoms with E-state index in [9.17, 15) is 9.59 Å². The fourth-order valence-electron chi connectivity index (χ4n) is 1.89. The molecule has 0 unspecified atom stereocenters. The van der Waals surface area contributed by atoms with Crippen molar-refractivity contribution in [1.82, 2.24) is 10.6 Å². The van der Waals surface area contributed by atoms with Gasteiger partial charge in [0, 0.05) is 6.54 Å². The molecule has 0 aliphatic rings. The van der Waals surface area contributed by atoms with Crippen molar-refractivity contribution in [3.8, 4) is 0 Å². The fraction of sp³-hybridized carbons (Fsp3) is 0.250. The zero-order valence-corrected chi connectivity index (χ0v) is 13.1. The number of amides is 3. The Bertz CT molecular complexity index is 599. The van der Waals surface area contributed by atoms with Crippen LogP contribution in [0, 0.1) is 0 Å². The third-order valence-corrected chi connectivity index (χ3v) is 4.16. The summed E-state index contributed by atoms with van der Waals surface area (Å²) in [7, 11) is 0. The summed E-state index contributed by atoms with van der Waals surface area (Å²) in [4.78, 5) is 23.9. The van der Waals surface area contributed by atoms with Gasteiger partial charge in [0.15, 0.2) is 0 Å². The van der Waals surface area contributed by atoms with E-state index in [2.05, 4.69) is 10.6 Å². The van der Waals surface area contributed by atoms with Crippen LogP contribution in [0.5, 0.6) is 0 Å². The molecule has 0 aliphatic carbocycles. The summed E-state index contributed by atoms with van der Waals surface area (Å²) in [5.74, 6) is 1.00. The van der Waals surface area contributed by atoms with E-state index in [-0.39, 0.29) is 5.91 Å². The van der Waals surface area contributed by atoms with Crippen LogP contribution in [-0.4, -0.2) is 18.5 Å². The number of carbonyl (C=O) groups excluding carboxylic acids is 2. The van der Waals surface area contributed by atoms with Crippen molar-refractivity contribution in [2.24, 2.45) is 0 Å². The van der Waals surface area contributed by atoms with E-state index in [1.54, 1.807) is 13.2 Å². The zero-order chi connectivity index (χ0) is 15.8. The average molecular weight is 318 g/mol. The standard InChI is InChI=1S/C16H18N2O3S/c1-2-17-16(20)18-15(19)14(12-7-4-3-5-8-12)22-11-13-9-6-10-21-13/h3-10,14H,2,11H2,1H3,(H2,17,18,19,20)/t14-/m0/s1. The molecular formula is C16H18N2O3S. The second-order valence-corrected chi connectivity index (χ2v) is 5.62. The second-order valence-electron chi connectivity index (χ2n) is 4.53. The molecule has 1 aromatic carbocycles. The molecule has 0 radical (unpaired) electrons. The first-order valence-electron chi connectivity index (χ1n) is 6.98. The lowest BCUT2D eigenvalue weighted by atomic mass is 10.1. The minimum Gasteiger partial charge on any atom is -0.468 e. The molecule has 0 fully saturated rings. The smallest absolute Gasteiger partial charge is 0.321 e. The maximum atomic E-state index is 12.4. The molecule has 0 saturated heterocycles. The lowest BCUT2D eigenvalue weighted by Gasteiger charge is -2.16. The van der Waals surface area contributed by atoms with Crippen molar-refractivity contribution in [2.45, 2.75) is 17.9 Å². The maximum absolute atomic E-state index is 12.4. The normalized spacial score (nSPS) is 11.7. The van der Waals surface area contributed by atoms with Gasteiger partial charge in [0.2, 0.25) is 5.91 Å². The van der Waals surface area contributed by atoms with Crippen LogP contribution in [0.1, 0.15) is 23.5 Å². The Kier molecular flexibility index (Phi) is 6.09. The number of thioether (sulfide) groups is 1. The molecule has 5 nitrogen and oxygen atoms in total. The Labute approximate surface area is 133 Å². The summed E-state index contributed by atoms with van der Waals surface area (Å²) in [5.41, 5.74) is 0.848. The van der Waals surface area contributed by atoms with E-state index >= 15 is 0 Å². The summed E-state index contributed by atoms with van der Waals surface area (Å²) < 4.78 is 5.29. The number of imide groups is 1. The molecule has 2 rings (SSSR count). The molecule has 6 heteroatoms. The predicted molar refractivity (Wildman–Crippen MR) is 86.4 cm³/mol. The van der Waals surface area contributed by atoms with E-state index < -0.39 is 11.3 Å². The topological polar surface area (TPSA) is 71.3 Å². The van der Waals surface area contributed by atoms with Gasteiger partial charge in [-0.2, -0.15) is 0 Å². The van der Waals surface area contributed by atoms with Gasteiger partial charge in [-0.25, -0.2) is 4.79 Å². The first kappa shape index (κ1) is 16.2. The minimum atomic E-state index is -0.480. The number of urea groups is 1. The lowest BCUT2D eigenvalue weighted by Crippen LogP contribution is -2.41. The summed E-state index contributed by atoms with van der Waals surface area (Å²) in [6, 6.07) is 12.6. The van der Waals surface area contributed by atoms with Gasteiger partial charge < -0.3 is 9.73 Å². The number of nitrogens with one attached hydrogen (secondary N) is 2. The Morgan fingerprint density at radius 1 is 1.18 bits per heavy atom. The minimum absolute atomic E-state index is 0.339. The Morgan fingerprint density at radius 2 is 1.95 bits per heavy atom. The van der Waals surface area contributed by atoms with Gasteiger partial charge in [0.05, 0.1) is 12.0 Å². The highest BCUT2D eigenvalue weighted by Crippen LogP contribution is 2.31. The molecule has 3 amide bonds. The lowest BCUT2D eigenvalue weighted by molar-refractivity contribution is -0.119. The summed E-state index contributed by atoms with van der Waals surface area (Å²) in [6.07, 6.45) is 1.60. The molecule has 0 saturated carbocycles. The van der Waals surface area contributed by atoms with Gasteiger partial charge >= 0.3 is 6.03 Å². The van der Waals surface area contributed by atoms with Crippen LogP contribution < -0.4 is 10.6 Å². The number of hydrogen-bond acceptors (Lipinski definition) is 4. The third kappa shape index (κ3) is 4.66. The van der Waals surface area contributed by atoms with Gasteiger partial charge in [-0.3, -0.25) is 10.1 Å². The summed E-state index contributed by atoms with van der Waals surface area (Å²) in [6.45, 7) is 2.26. The summed E-state index contributed by atoms with van der Waals surface area (Å²) in [5, 5.41) is 4.45. The molecule has 0 aliphatic heterocycles. The molecule has 0 spiro atoms. The second kappa shape index (κ2) is 8.29. The Morgan fingerprint density at radius 3 is 2.59 bits per heavy atom. The highest BCUT2D eigenvalue weighted by Gasteiger charge is 2.23. The van der Waals surface area contributed by atoms with Crippen LogP contribution in [0.15, 0.2) is 53.1 Å². The van der Waals surface area contributed by atoms with Crippen molar-refractivity contribution >= 4 is 23.7 Å². The van der Waals surface area contributed by atoms with Crippen molar-refractivity contribution in [1.29, 1.82) is 0 Å². The molecule has 1 atom stereocenters. The molecule has 2 N–H and O–H groups in total. The number of carbonyl (C=O) groups is 2. The SMILES string of the molecule is CCNC(=O)NC(=O)[C@@H](SCc1ccco1)c1ccccc1. The van der Waals surface area contributed by atoms with Crippen LogP contribution >= 0.6 is 11.8 Å². The van der Waals surface area contributed by atoms with Crippen molar-refractivity contribution in [2.75, 3.05) is 6.54 Å². The van der Waals surface area contributed by atoms with Crippen LogP contribution in [0.25, 0.3) is 0 Å². The van der Waals surface area contributed by atoms with Crippen molar-refractivity contribution < 1.29 is 14.0 Å². The highest BCUT2D eigenvalue weighted by molar-refractivity contribution is 7.99. The van der Waals surface area contributed by atoms with Crippen LogP contribution in [0.2, 0.25) is 0 Å². The zero-order valence-electron chi connectivity index (χ0n) is 12.2. The number of hydrogen-bond donors (Lipinski definition) is 2. The molecular weight excluding hydrogens is 300 g/mol. The fourth-order valence-corrected chi connectivity index (χ4v) is 2.95. The maximum Gasteiger partial charge on any atom is 0.321 e. The quantitative estimate of drug-likeness (QED) is 0.858. The van der Waals surface area contributed by atoms with Crippen molar-refractivity contribution in [3.05, 3.63) is 60.1 Å². The van der Waals surface area contributed by atoms with Gasteiger partial charge in [-0.15, -0.1) is 11.8 Å². The molecule has 2 aromatic rings. The number of benzene rings is 1. The first-order valence-corrected chi connectivity index (χ1v) is 8.03. The van der Waals surface area contributed by atoms with Gasteiger partial charge in [0.1, 0.15) is 11.0 Å². The molecule has 0 bridgehead atoms. The number of rotatable bonds is 6. The number of furan rings is 1.